The Morgan fingerprint density at radius 3 is 1.36 bits per heavy atom. The van der Waals surface area contributed by atoms with Crippen LogP contribution in [0.4, 0.5) is 8.78 Å². The van der Waals surface area contributed by atoms with Crippen molar-refractivity contribution in [2.24, 2.45) is 65.1 Å². The van der Waals surface area contributed by atoms with Gasteiger partial charge in [-0.15, -0.1) is 11.3 Å². The molecule has 0 amide bonds. The molecule has 4 aromatic carbocycles. The lowest BCUT2D eigenvalue weighted by molar-refractivity contribution is -0.143. The molecule has 4 saturated carbocycles. The maximum atomic E-state index is 14.3. The molecular weight excluding hydrogens is 1560 g/mol. The topological polar surface area (TPSA) is 387 Å². The number of aliphatic hydroxyl groups is 7. The Kier molecular flexibility index (Phi) is 37.8. The number of carboxylic acids is 4. The number of thiazole rings is 1. The highest BCUT2D eigenvalue weighted by molar-refractivity contribution is 7.09. The Balaban J connectivity index is 0.000000167. The standard InChI is InChI=1S/C23H30F2O5.C23H27NO6S.C23H34O6.C22H30O7/c24-23(25,15-30-17-6-2-1-3-7-17)12-11-18-19-10-9-16(5-4-8-22(27)28)14-29-21(19)13-20(18)26;25-15(12-29-16-4-2-1-3-5-16)7-9-17-18-8-6-14(11-30-21(18)10-20(17)26)22-24-19(13-31-22)23(27)28;24-17(15-28-18-6-2-1-3-7-18)10-12-19-20-11-9-16(5-4-8-23(26)27)14-29-22(20)13-21(19)25;23-16(13-28-17-4-2-1-3-5-17)7-9-18-19-8-6-15(11-27-14-22(25)26)12-29-21(19)10-20(18)24/h1-3,6-7,11-12,16,18-21,26H,4-5,8-10,13-15H2,(H,27,28);1-5,7,9,13-15,17-18,20-21,25-26H,6,8,10-12H2,(H,27,28);1-3,6-7,16-17,19-22,24-25H,4-5,8-15H2,(H,26,27);1-5,7,9,15-16,18-21,23-24H,6,8,10-14H2,(H,25,26)/b12-11+;9-7+;;9-7+/t16-,18+,19+,20+,21-;14-,15+,17+,18+,20+,21-;16-,17+,19+,20+,21+,22-;15-,16-,18-,19-,20-,21+/m0001/s1. The van der Waals surface area contributed by atoms with E-state index in [1.807, 2.05) is 103 Å². The summed E-state index contributed by atoms with van der Waals surface area (Å²) < 4.78 is 79.9. The Hall–Kier alpha value is -7.81. The van der Waals surface area contributed by atoms with E-state index < -0.39 is 73.0 Å². The van der Waals surface area contributed by atoms with Crippen LogP contribution in [0.25, 0.3) is 0 Å². The van der Waals surface area contributed by atoms with Gasteiger partial charge in [-0.2, -0.15) is 8.78 Å². The molecule has 0 unspecified atom stereocenters. The van der Waals surface area contributed by atoms with Gasteiger partial charge in [0.15, 0.2) is 12.3 Å². The van der Waals surface area contributed by atoms with E-state index in [2.05, 4.69) is 4.98 Å². The molecule has 0 spiro atoms. The van der Waals surface area contributed by atoms with Gasteiger partial charge in [0.05, 0.1) is 79.8 Å². The Labute approximate surface area is 699 Å². The fourth-order valence-electron chi connectivity index (χ4n) is 18.0. The first-order valence-corrected chi connectivity index (χ1v) is 43.1. The van der Waals surface area contributed by atoms with Gasteiger partial charge in [-0.3, -0.25) is 9.59 Å². The number of alkyl halides is 2. The maximum absolute atomic E-state index is 14.3. The predicted octanol–water partition coefficient (Wildman–Crippen LogP) is 12.5. The number of hydrogen-bond acceptors (Lipinski definition) is 22. The molecule has 23 atom stereocenters. The highest BCUT2D eigenvalue weighted by Gasteiger charge is 2.48. The molecule has 25 nitrogen and oxygen atoms in total. The third kappa shape index (κ3) is 30.6. The summed E-state index contributed by atoms with van der Waals surface area (Å²) in [4.78, 5) is 47.3. The van der Waals surface area contributed by atoms with Crippen molar-refractivity contribution in [2.45, 2.75) is 207 Å². The average Bonchev–Trinajstić information content (AvgIpc) is 1.68. The largest absolute Gasteiger partial charge is 0.491 e. The van der Waals surface area contributed by atoms with Crippen molar-refractivity contribution in [1.29, 1.82) is 0 Å². The number of fused-ring (bicyclic) bond motifs is 4. The lowest BCUT2D eigenvalue weighted by Gasteiger charge is -2.24. The first kappa shape index (κ1) is 93.5. The van der Waals surface area contributed by atoms with E-state index in [0.29, 0.717) is 107 Å². The highest BCUT2D eigenvalue weighted by Crippen LogP contribution is 2.47. The van der Waals surface area contributed by atoms with Gasteiger partial charge in [0.1, 0.15) is 61.6 Å². The van der Waals surface area contributed by atoms with E-state index in [9.17, 15) is 63.7 Å². The van der Waals surface area contributed by atoms with E-state index in [0.717, 1.165) is 87.5 Å². The van der Waals surface area contributed by atoms with Crippen LogP contribution in [0, 0.1) is 65.1 Å². The smallest absolute Gasteiger partial charge is 0.355 e. The summed E-state index contributed by atoms with van der Waals surface area (Å²) in [6, 6.07) is 36.6. The van der Waals surface area contributed by atoms with Gasteiger partial charge >= 0.3 is 23.9 Å². The zero-order valence-corrected chi connectivity index (χ0v) is 68.2. The van der Waals surface area contributed by atoms with Crippen LogP contribution in [-0.4, -0.2) is 224 Å². The zero-order valence-electron chi connectivity index (χ0n) is 67.4. The third-order valence-corrected chi connectivity index (χ3v) is 25.3. The number of nitrogens with zero attached hydrogens (tertiary/aromatic N) is 1. The molecule has 8 aliphatic rings. The normalized spacial score (nSPS) is 30.0. The van der Waals surface area contributed by atoms with Gasteiger partial charge in [-0.05, 0) is 186 Å². The van der Waals surface area contributed by atoms with Crippen LogP contribution >= 0.6 is 11.3 Å². The molecule has 4 aliphatic heterocycles. The number of ether oxygens (including phenoxy) is 9. The molecule has 4 aliphatic carbocycles. The molecule has 5 heterocycles. The molecule has 4 saturated heterocycles. The van der Waals surface area contributed by atoms with Gasteiger partial charge in [-0.1, -0.05) is 103 Å². The number of benzene rings is 4. The number of rotatable bonds is 35. The van der Waals surface area contributed by atoms with Crippen molar-refractivity contribution in [2.75, 3.05) is 66.1 Å². The van der Waals surface area contributed by atoms with Crippen molar-refractivity contribution in [3.63, 3.8) is 0 Å². The van der Waals surface area contributed by atoms with Gasteiger partial charge < -0.3 is 98.8 Å². The number of aliphatic carboxylic acids is 3. The van der Waals surface area contributed by atoms with Gasteiger partial charge in [-0.25, -0.2) is 14.6 Å². The molecule has 28 heteroatoms. The molecule has 654 valence electrons. The minimum absolute atomic E-state index is 0.00781. The molecular formula is C91H121F2NO24S. The number of carboxylic acid groups (broad SMARTS) is 4. The predicted molar refractivity (Wildman–Crippen MR) is 437 cm³/mol. The van der Waals surface area contributed by atoms with Crippen LogP contribution in [0.5, 0.6) is 23.0 Å². The van der Waals surface area contributed by atoms with Crippen LogP contribution in [0.3, 0.4) is 0 Å². The Morgan fingerprint density at radius 1 is 0.487 bits per heavy atom. The summed E-state index contributed by atoms with van der Waals surface area (Å²) in [6.45, 7) is 2.04. The number of halogens is 2. The van der Waals surface area contributed by atoms with Gasteiger partial charge in [0, 0.05) is 86.7 Å². The Bertz CT molecular complexity index is 3880. The highest BCUT2D eigenvalue weighted by atomic mass is 32.1. The van der Waals surface area contributed by atoms with Crippen molar-refractivity contribution in [3.8, 4) is 23.0 Å². The van der Waals surface area contributed by atoms with Crippen molar-refractivity contribution in [1.82, 2.24) is 4.98 Å². The SMILES string of the molecule is O=C(O)CCC[C@H]1CC[C@@H]2[C@@H](/C=C/C(F)(F)COc3ccccc3)[C@H](O)C[C@@H]2OC1.O=C(O)CCC[C@H]1CC[C@@H]2[C@@H](CC[C@@H](O)COc3ccccc3)[C@H](O)C[C@@H]2OC1.O=C(O)COC[C@H]1CC[C@@H]2[C@@H](/C=C/[C@@H](O)COc3ccccc3)[C@H](O)C[C@@H]2OC1.O=C(O)c1csc([C@H]2CC[C@@H]3[C@@H](/C=C/[C@@H](O)COc4ccccc4)[C@H](O)C[C@@H]3OC2)n1. The van der Waals surface area contributed by atoms with E-state index in [1.54, 1.807) is 47.9 Å². The lowest BCUT2D eigenvalue weighted by Crippen LogP contribution is -2.25. The van der Waals surface area contributed by atoms with Crippen LogP contribution in [0.2, 0.25) is 0 Å². The maximum Gasteiger partial charge on any atom is 0.355 e. The van der Waals surface area contributed by atoms with Crippen LogP contribution in [-0.2, 0) is 38.1 Å². The first-order valence-electron chi connectivity index (χ1n) is 42.2. The molecule has 8 fully saturated rings. The average molecular weight is 1680 g/mol. The lowest BCUT2D eigenvalue weighted by atomic mass is 9.84. The van der Waals surface area contributed by atoms with Gasteiger partial charge in [0.2, 0.25) is 0 Å². The van der Waals surface area contributed by atoms with E-state index in [4.69, 9.17) is 63.1 Å². The monoisotopic (exact) mass is 1680 g/mol. The number of aliphatic hydroxyl groups excluding tert-OH is 7. The van der Waals surface area contributed by atoms with Crippen LogP contribution < -0.4 is 18.9 Å². The van der Waals surface area contributed by atoms with Crippen molar-refractivity contribution < 1.29 is 127 Å². The number of aromatic carboxylic acids is 1. The summed E-state index contributed by atoms with van der Waals surface area (Å²) in [5.74, 6) is -3.00. The second-order valence-electron chi connectivity index (χ2n) is 32.9. The second-order valence-corrected chi connectivity index (χ2v) is 33.8. The number of carbonyl (C=O) groups is 4. The van der Waals surface area contributed by atoms with E-state index in [-0.39, 0.29) is 135 Å². The summed E-state index contributed by atoms with van der Waals surface area (Å²) in [5.41, 5.74) is 0.0763. The number of para-hydroxylation sites is 4. The van der Waals surface area contributed by atoms with Crippen LogP contribution in [0.15, 0.2) is 163 Å². The molecule has 13 rings (SSSR count). The molecule has 5 aromatic rings. The minimum atomic E-state index is -3.14. The summed E-state index contributed by atoms with van der Waals surface area (Å²) in [6.07, 6.45) is 19.1. The molecule has 0 radical (unpaired) electrons. The van der Waals surface area contributed by atoms with E-state index >= 15 is 0 Å². The number of aromatic nitrogens is 1. The quantitative estimate of drug-likeness (QED) is 0.0168. The van der Waals surface area contributed by atoms with Gasteiger partial charge in [0.25, 0.3) is 5.92 Å². The molecule has 119 heavy (non-hydrogen) atoms. The summed E-state index contributed by atoms with van der Waals surface area (Å²) in [7, 11) is 0. The minimum Gasteiger partial charge on any atom is -0.491 e. The Morgan fingerprint density at radius 2 is 0.899 bits per heavy atom. The zero-order chi connectivity index (χ0) is 84.6. The number of hydrogen-bond donors (Lipinski definition) is 11. The fourth-order valence-corrected chi connectivity index (χ4v) is 18.9. The summed E-state index contributed by atoms with van der Waals surface area (Å²) in [5, 5.41) is 110. The third-order valence-electron chi connectivity index (χ3n) is 24.3. The van der Waals surface area contributed by atoms with Crippen LogP contribution in [0.1, 0.15) is 150 Å². The molecule has 0 bridgehead atoms. The van der Waals surface area contributed by atoms with E-state index in [1.165, 1.54) is 17.4 Å². The first-order chi connectivity index (χ1) is 57.4. The second kappa shape index (κ2) is 48.1. The molecule has 1 aromatic heterocycles. The van der Waals surface area contributed by atoms with Crippen molar-refractivity contribution in [3.05, 3.63) is 174 Å². The molecule has 11 N–H and O–H groups in total. The summed E-state index contributed by atoms with van der Waals surface area (Å²) >= 11 is 1.36. The van der Waals surface area contributed by atoms with Crippen molar-refractivity contribution >= 4 is 35.2 Å². The fraction of sp³-hybridized carbons (Fsp3) is 0.593.